The molecule has 0 spiro atoms. The zero-order chi connectivity index (χ0) is 23.3. The van der Waals surface area contributed by atoms with Crippen LogP contribution < -0.4 is 0 Å². The van der Waals surface area contributed by atoms with Crippen LogP contribution in [0.4, 0.5) is 0 Å². The van der Waals surface area contributed by atoms with Crippen molar-refractivity contribution in [1.82, 2.24) is 9.80 Å². The minimum Gasteiger partial charge on any atom is -0.303 e. The van der Waals surface area contributed by atoms with Crippen LogP contribution >= 0.6 is 0 Å². The fourth-order valence-corrected chi connectivity index (χ4v) is 7.68. The van der Waals surface area contributed by atoms with Crippen molar-refractivity contribution in [2.75, 3.05) is 39.3 Å². The van der Waals surface area contributed by atoms with Crippen LogP contribution in [0.5, 0.6) is 0 Å². The SMILES string of the molecule is C1=C\CCCCN2CC[C@H]3C(CC/C=C/CCCCCCCCN4C[C@@H](CCCC/1)C[C@@H]3C4)C2. The molecule has 0 aromatic heterocycles. The topological polar surface area (TPSA) is 6.48 Å². The Labute approximate surface area is 212 Å². The van der Waals surface area contributed by atoms with Gasteiger partial charge >= 0.3 is 0 Å². The zero-order valence-corrected chi connectivity index (χ0v) is 22.5. The molecule has 194 valence electrons. The maximum absolute atomic E-state index is 2.94. The molecule has 0 saturated carbocycles. The van der Waals surface area contributed by atoms with E-state index in [1.54, 1.807) is 0 Å². The quantitative estimate of drug-likeness (QED) is 0.330. The van der Waals surface area contributed by atoms with E-state index in [0.717, 1.165) is 23.7 Å². The summed E-state index contributed by atoms with van der Waals surface area (Å²) in [6, 6.07) is 0. The van der Waals surface area contributed by atoms with Gasteiger partial charge in [-0.25, -0.2) is 0 Å². The van der Waals surface area contributed by atoms with Crippen molar-refractivity contribution in [2.45, 2.75) is 116 Å². The first-order valence-corrected chi connectivity index (χ1v) is 15.6. The van der Waals surface area contributed by atoms with E-state index in [-0.39, 0.29) is 0 Å². The van der Waals surface area contributed by atoms with Crippen LogP contribution in [0, 0.1) is 23.7 Å². The Morgan fingerprint density at radius 1 is 0.441 bits per heavy atom. The summed E-state index contributed by atoms with van der Waals surface area (Å²) in [6.07, 6.45) is 35.4. The molecule has 0 aromatic carbocycles. The third-order valence-corrected chi connectivity index (χ3v) is 9.59. The molecular formula is C32H56N2. The van der Waals surface area contributed by atoms with Crippen LogP contribution in [0.2, 0.25) is 0 Å². The predicted molar refractivity (Wildman–Crippen MR) is 148 cm³/mol. The van der Waals surface area contributed by atoms with E-state index >= 15 is 0 Å². The highest BCUT2D eigenvalue weighted by atomic mass is 15.1. The Morgan fingerprint density at radius 2 is 1.06 bits per heavy atom. The molecule has 34 heavy (non-hydrogen) atoms. The molecule has 2 heteroatoms. The van der Waals surface area contributed by atoms with E-state index in [9.17, 15) is 0 Å². The van der Waals surface area contributed by atoms with Gasteiger partial charge in [0.05, 0.1) is 0 Å². The van der Waals surface area contributed by atoms with E-state index in [1.807, 2.05) is 0 Å². The minimum absolute atomic E-state index is 0.926. The molecule has 0 N–H and O–H groups in total. The lowest BCUT2D eigenvalue weighted by Gasteiger charge is -2.47. The normalized spacial score (nSPS) is 39.8. The predicted octanol–water partition coefficient (Wildman–Crippen LogP) is 8.24. The third kappa shape index (κ3) is 9.12. The van der Waals surface area contributed by atoms with Gasteiger partial charge in [-0.15, -0.1) is 0 Å². The molecule has 3 unspecified atom stereocenters. The summed E-state index contributed by atoms with van der Waals surface area (Å²) in [5.41, 5.74) is 0. The molecule has 6 atom stereocenters. The first-order chi connectivity index (χ1) is 16.9. The Bertz CT molecular complexity index is 596. The molecule has 6 bridgehead atoms. The fraction of sp³-hybridized carbons (Fsp3) is 0.875. The maximum Gasteiger partial charge on any atom is 0.00127 e. The van der Waals surface area contributed by atoms with Crippen LogP contribution in [0.15, 0.2) is 24.3 Å². The zero-order valence-electron chi connectivity index (χ0n) is 22.5. The largest absolute Gasteiger partial charge is 0.303 e. The second kappa shape index (κ2) is 15.5. The van der Waals surface area contributed by atoms with Gasteiger partial charge in [0, 0.05) is 19.6 Å². The van der Waals surface area contributed by atoms with Crippen LogP contribution in [-0.2, 0) is 0 Å². The molecule has 2 saturated heterocycles. The van der Waals surface area contributed by atoms with Crippen molar-refractivity contribution in [3.8, 4) is 0 Å². The highest BCUT2D eigenvalue weighted by Gasteiger charge is 2.38. The highest BCUT2D eigenvalue weighted by Crippen LogP contribution is 2.40. The highest BCUT2D eigenvalue weighted by molar-refractivity contribution is 4.92. The molecule has 0 aromatic rings. The molecule has 2 nitrogen and oxygen atoms in total. The summed E-state index contributed by atoms with van der Waals surface area (Å²) in [5.74, 6) is 3.82. The number of rotatable bonds is 0. The number of nitrogens with zero attached hydrogens (tertiary/aromatic N) is 2. The van der Waals surface area contributed by atoms with Gasteiger partial charge < -0.3 is 9.80 Å². The lowest BCUT2D eigenvalue weighted by atomic mass is 9.69. The van der Waals surface area contributed by atoms with Crippen molar-refractivity contribution >= 4 is 0 Å². The van der Waals surface area contributed by atoms with Gasteiger partial charge in [-0.3, -0.25) is 0 Å². The number of hydrogen-bond donors (Lipinski definition) is 0. The van der Waals surface area contributed by atoms with Crippen LogP contribution in [0.3, 0.4) is 0 Å². The van der Waals surface area contributed by atoms with E-state index < -0.39 is 0 Å². The summed E-state index contributed by atoms with van der Waals surface area (Å²) >= 11 is 0. The molecular weight excluding hydrogens is 412 g/mol. The Balaban J connectivity index is 1.47. The van der Waals surface area contributed by atoms with Crippen molar-refractivity contribution < 1.29 is 0 Å². The van der Waals surface area contributed by atoms with Crippen molar-refractivity contribution in [2.24, 2.45) is 23.7 Å². The van der Waals surface area contributed by atoms with Gasteiger partial charge in [0.2, 0.25) is 0 Å². The average molecular weight is 469 g/mol. The van der Waals surface area contributed by atoms with Gasteiger partial charge in [-0.05, 0) is 127 Å². The summed E-state index contributed by atoms with van der Waals surface area (Å²) in [6.45, 7) is 8.28. The summed E-state index contributed by atoms with van der Waals surface area (Å²) < 4.78 is 0. The standard InChI is InChI=1S/C32H56N2/c1-2-5-10-14-18-23-34-26-29-19-15-11-7-4-6-9-13-17-22-33-24-21-32(31(25-29)28-34)30(27-33)20-16-12-8-3-1/h4,6,8,12,29-32H,1-3,5,7,9-11,13-28H2/b6-4-,12-8+/t29-,30?,31+,32-/m0/s1. The Morgan fingerprint density at radius 3 is 1.91 bits per heavy atom. The fourth-order valence-electron chi connectivity index (χ4n) is 7.68. The molecule has 2 fully saturated rings. The molecule has 0 aliphatic carbocycles. The van der Waals surface area contributed by atoms with Crippen molar-refractivity contribution in [1.29, 1.82) is 0 Å². The molecule has 5 aliphatic rings. The van der Waals surface area contributed by atoms with E-state index in [4.69, 9.17) is 0 Å². The molecule has 5 aliphatic heterocycles. The van der Waals surface area contributed by atoms with Crippen LogP contribution in [0.25, 0.3) is 0 Å². The first kappa shape index (κ1) is 26.5. The minimum atomic E-state index is 0.926. The van der Waals surface area contributed by atoms with E-state index in [1.165, 1.54) is 155 Å². The molecule has 0 amide bonds. The maximum atomic E-state index is 2.94. The number of allylic oxidation sites excluding steroid dienone is 4. The molecule has 0 radical (unpaired) electrons. The number of fused-ring (bicyclic) bond motifs is 10. The van der Waals surface area contributed by atoms with Gasteiger partial charge in [0.15, 0.2) is 0 Å². The third-order valence-electron chi connectivity index (χ3n) is 9.59. The summed E-state index contributed by atoms with van der Waals surface area (Å²) in [5, 5.41) is 0. The van der Waals surface area contributed by atoms with Gasteiger partial charge in [-0.1, -0.05) is 56.4 Å². The van der Waals surface area contributed by atoms with Gasteiger partial charge in [0.1, 0.15) is 0 Å². The van der Waals surface area contributed by atoms with Crippen LogP contribution in [-0.4, -0.2) is 49.1 Å². The van der Waals surface area contributed by atoms with Crippen molar-refractivity contribution in [3.63, 3.8) is 0 Å². The number of hydrogen-bond acceptors (Lipinski definition) is 2. The van der Waals surface area contributed by atoms with E-state index in [2.05, 4.69) is 34.1 Å². The molecule has 5 rings (SSSR count). The Kier molecular flexibility index (Phi) is 12.1. The van der Waals surface area contributed by atoms with Gasteiger partial charge in [-0.2, -0.15) is 0 Å². The van der Waals surface area contributed by atoms with Crippen LogP contribution in [0.1, 0.15) is 116 Å². The lowest BCUT2D eigenvalue weighted by molar-refractivity contribution is 0.0196. The monoisotopic (exact) mass is 468 g/mol. The van der Waals surface area contributed by atoms with Gasteiger partial charge in [0.25, 0.3) is 0 Å². The molecule has 5 heterocycles. The van der Waals surface area contributed by atoms with E-state index in [0.29, 0.717) is 0 Å². The lowest BCUT2D eigenvalue weighted by Crippen LogP contribution is -2.49. The second-order valence-corrected chi connectivity index (χ2v) is 12.3. The Hall–Kier alpha value is -0.600. The second-order valence-electron chi connectivity index (χ2n) is 12.3. The summed E-state index contributed by atoms with van der Waals surface area (Å²) in [7, 11) is 0. The summed E-state index contributed by atoms with van der Waals surface area (Å²) in [4.78, 5) is 5.79. The number of piperidine rings is 2. The van der Waals surface area contributed by atoms with Crippen molar-refractivity contribution in [3.05, 3.63) is 24.3 Å². The average Bonchev–Trinajstić information content (AvgIpc) is 2.85. The smallest absolute Gasteiger partial charge is 0.00127 e. The first-order valence-electron chi connectivity index (χ1n) is 15.6.